The lowest BCUT2D eigenvalue weighted by Gasteiger charge is -2.33. The van der Waals surface area contributed by atoms with Crippen molar-refractivity contribution in [3.05, 3.63) is 83.7 Å². The van der Waals surface area contributed by atoms with Gasteiger partial charge in [-0.2, -0.15) is 4.31 Å². The molecular formula is C30H36N4O6S. The number of carbonyl (C=O) groups excluding carboxylic acids is 2. The van der Waals surface area contributed by atoms with Crippen LogP contribution in [-0.4, -0.2) is 78.4 Å². The fraction of sp³-hybridized carbons (Fsp3) is 0.367. The van der Waals surface area contributed by atoms with Gasteiger partial charge in [-0.05, 0) is 56.3 Å². The van der Waals surface area contributed by atoms with E-state index in [9.17, 15) is 23.1 Å². The number of rotatable bonds is 8. The fourth-order valence-electron chi connectivity index (χ4n) is 4.67. The number of hydrogen-bond donors (Lipinski definition) is 2. The number of carbonyl (C=O) groups is 2. The lowest BCUT2D eigenvalue weighted by molar-refractivity contribution is -0.134. The van der Waals surface area contributed by atoms with Crippen molar-refractivity contribution < 1.29 is 27.9 Å². The summed E-state index contributed by atoms with van der Waals surface area (Å²) >= 11 is 0. The molecule has 218 valence electrons. The molecule has 4 rings (SSSR count). The zero-order valence-electron chi connectivity index (χ0n) is 23.6. The third kappa shape index (κ3) is 7.10. The van der Waals surface area contributed by atoms with Gasteiger partial charge in [-0.3, -0.25) is 14.6 Å². The van der Waals surface area contributed by atoms with Gasteiger partial charge in [-0.25, -0.2) is 8.42 Å². The molecule has 0 unspecified atom stereocenters. The van der Waals surface area contributed by atoms with Crippen LogP contribution in [0.15, 0.2) is 71.9 Å². The van der Waals surface area contributed by atoms with Crippen LogP contribution in [-0.2, 0) is 21.2 Å². The molecule has 1 aliphatic rings. The summed E-state index contributed by atoms with van der Waals surface area (Å²) in [4.78, 5) is 31.9. The predicted molar refractivity (Wildman–Crippen MR) is 155 cm³/mol. The Bertz CT molecular complexity index is 1480. The first-order chi connectivity index (χ1) is 19.5. The molecule has 2 aromatic carbocycles. The van der Waals surface area contributed by atoms with E-state index in [1.165, 1.54) is 23.7 Å². The molecule has 0 bridgehead atoms. The second kappa shape index (κ2) is 12.8. The van der Waals surface area contributed by atoms with Gasteiger partial charge in [0.1, 0.15) is 11.9 Å². The number of hydrogen-bond acceptors (Lipinski definition) is 7. The van der Waals surface area contributed by atoms with Crippen LogP contribution in [0.2, 0.25) is 0 Å². The van der Waals surface area contributed by atoms with Crippen molar-refractivity contribution in [1.82, 2.24) is 14.2 Å². The van der Waals surface area contributed by atoms with E-state index in [2.05, 4.69) is 10.3 Å². The minimum atomic E-state index is -3.80. The molecule has 2 amide bonds. The number of nitrogens with zero attached hydrogens (tertiary/aromatic N) is 3. The SMILES string of the molecule is Cc1ccc(S(=O)(=O)N(C)C[C@@H]2Oc3ccc(NC(=O)c4ccncc4)cc3CC(=O)N([C@H](C)CO)C[C@H]2C)cc1. The van der Waals surface area contributed by atoms with Crippen LogP contribution < -0.4 is 10.1 Å². The van der Waals surface area contributed by atoms with Gasteiger partial charge in [0.05, 0.1) is 30.5 Å². The number of likely N-dealkylation sites (N-methyl/N-ethyl adjacent to an activating group) is 1. The third-order valence-electron chi connectivity index (χ3n) is 7.28. The van der Waals surface area contributed by atoms with Crippen molar-refractivity contribution in [3.8, 4) is 5.75 Å². The second-order valence-electron chi connectivity index (χ2n) is 10.5. The minimum absolute atomic E-state index is 0.0183. The Morgan fingerprint density at radius 1 is 1.17 bits per heavy atom. The van der Waals surface area contributed by atoms with Gasteiger partial charge in [0.2, 0.25) is 15.9 Å². The summed E-state index contributed by atoms with van der Waals surface area (Å²) in [5.74, 6) is -0.382. The maximum atomic E-state index is 13.4. The number of amides is 2. The van der Waals surface area contributed by atoms with Crippen LogP contribution in [0.4, 0.5) is 5.69 Å². The summed E-state index contributed by atoms with van der Waals surface area (Å²) in [6, 6.07) is 14.5. The van der Waals surface area contributed by atoms with Gasteiger partial charge < -0.3 is 20.1 Å². The molecule has 1 aliphatic heterocycles. The number of aliphatic hydroxyl groups is 1. The minimum Gasteiger partial charge on any atom is -0.488 e. The number of aliphatic hydroxyl groups excluding tert-OH is 1. The smallest absolute Gasteiger partial charge is 0.255 e. The van der Waals surface area contributed by atoms with Gasteiger partial charge in [-0.15, -0.1) is 0 Å². The topological polar surface area (TPSA) is 129 Å². The summed E-state index contributed by atoms with van der Waals surface area (Å²) in [6.45, 7) is 5.63. The van der Waals surface area contributed by atoms with Crippen molar-refractivity contribution in [3.63, 3.8) is 0 Å². The number of ether oxygens (including phenoxy) is 1. The standard InChI is InChI=1S/C30H36N4O6S/c1-20-5-8-26(9-6-20)41(38,39)33(4)18-28-21(2)17-34(22(3)19-35)29(36)16-24-15-25(7-10-27(24)40-28)32-30(37)23-11-13-31-14-12-23/h5-15,21-22,28,35H,16-19H2,1-4H3,(H,32,37)/t21-,22-,28+/m1/s1. The van der Waals surface area contributed by atoms with E-state index in [4.69, 9.17) is 4.74 Å². The van der Waals surface area contributed by atoms with Gasteiger partial charge in [0.15, 0.2) is 0 Å². The zero-order chi connectivity index (χ0) is 29.7. The zero-order valence-corrected chi connectivity index (χ0v) is 24.5. The van der Waals surface area contributed by atoms with Crippen LogP contribution in [0.5, 0.6) is 5.75 Å². The quantitative estimate of drug-likeness (QED) is 0.419. The van der Waals surface area contributed by atoms with Crippen LogP contribution in [0, 0.1) is 12.8 Å². The number of aromatic nitrogens is 1. The van der Waals surface area contributed by atoms with Crippen LogP contribution >= 0.6 is 0 Å². The highest BCUT2D eigenvalue weighted by atomic mass is 32.2. The Morgan fingerprint density at radius 3 is 2.51 bits per heavy atom. The molecule has 41 heavy (non-hydrogen) atoms. The Labute approximate surface area is 241 Å². The second-order valence-corrected chi connectivity index (χ2v) is 12.5. The summed E-state index contributed by atoms with van der Waals surface area (Å²) in [6.07, 6.45) is 2.42. The largest absolute Gasteiger partial charge is 0.488 e. The van der Waals surface area contributed by atoms with E-state index in [1.54, 1.807) is 66.4 Å². The van der Waals surface area contributed by atoms with Gasteiger partial charge in [0.25, 0.3) is 5.91 Å². The van der Waals surface area contributed by atoms with E-state index in [-0.39, 0.29) is 48.7 Å². The molecule has 3 atom stereocenters. The van der Waals surface area contributed by atoms with Crippen molar-refractivity contribution in [2.75, 3.05) is 32.1 Å². The number of sulfonamides is 1. The van der Waals surface area contributed by atoms with Gasteiger partial charge in [0, 0.05) is 48.7 Å². The van der Waals surface area contributed by atoms with Crippen molar-refractivity contribution >= 4 is 27.5 Å². The highest BCUT2D eigenvalue weighted by Crippen LogP contribution is 2.30. The van der Waals surface area contributed by atoms with E-state index >= 15 is 0 Å². The molecule has 0 aliphatic carbocycles. The van der Waals surface area contributed by atoms with E-state index in [1.807, 2.05) is 13.8 Å². The Balaban J connectivity index is 1.65. The summed E-state index contributed by atoms with van der Waals surface area (Å²) in [5, 5.41) is 12.7. The number of fused-ring (bicyclic) bond motifs is 1. The number of nitrogens with one attached hydrogen (secondary N) is 1. The number of pyridine rings is 1. The van der Waals surface area contributed by atoms with E-state index in [0.717, 1.165) is 5.56 Å². The van der Waals surface area contributed by atoms with Crippen LogP contribution in [0.25, 0.3) is 0 Å². The Morgan fingerprint density at radius 2 is 1.85 bits per heavy atom. The molecule has 11 heteroatoms. The molecule has 0 fully saturated rings. The summed E-state index contributed by atoms with van der Waals surface area (Å²) in [5.41, 5.74) is 2.41. The number of aryl methyl sites for hydroxylation is 1. The van der Waals surface area contributed by atoms with Crippen LogP contribution in [0.1, 0.15) is 35.3 Å². The molecule has 0 saturated carbocycles. The van der Waals surface area contributed by atoms with Crippen molar-refractivity contribution in [2.24, 2.45) is 5.92 Å². The first-order valence-electron chi connectivity index (χ1n) is 13.4. The monoisotopic (exact) mass is 580 g/mol. The summed E-state index contributed by atoms with van der Waals surface area (Å²) < 4.78 is 34.4. The lowest BCUT2D eigenvalue weighted by atomic mass is 10.0. The van der Waals surface area contributed by atoms with E-state index < -0.39 is 22.2 Å². The van der Waals surface area contributed by atoms with Crippen molar-refractivity contribution in [1.29, 1.82) is 0 Å². The highest BCUT2D eigenvalue weighted by molar-refractivity contribution is 7.89. The van der Waals surface area contributed by atoms with Crippen molar-refractivity contribution in [2.45, 2.75) is 44.2 Å². The summed E-state index contributed by atoms with van der Waals surface area (Å²) in [7, 11) is -2.29. The first-order valence-corrected chi connectivity index (χ1v) is 14.9. The maximum absolute atomic E-state index is 13.4. The maximum Gasteiger partial charge on any atom is 0.255 e. The molecule has 0 saturated heterocycles. The third-order valence-corrected chi connectivity index (χ3v) is 9.12. The number of benzene rings is 2. The highest BCUT2D eigenvalue weighted by Gasteiger charge is 2.33. The Kier molecular flexibility index (Phi) is 9.42. The first kappa shape index (κ1) is 30.2. The van der Waals surface area contributed by atoms with E-state index in [0.29, 0.717) is 22.6 Å². The predicted octanol–water partition coefficient (Wildman–Crippen LogP) is 3.11. The number of anilines is 1. The molecule has 2 heterocycles. The molecule has 1 aromatic heterocycles. The molecule has 0 radical (unpaired) electrons. The molecule has 3 aromatic rings. The average molecular weight is 581 g/mol. The van der Waals surface area contributed by atoms with Crippen LogP contribution in [0.3, 0.4) is 0 Å². The molecular weight excluding hydrogens is 544 g/mol. The molecule has 10 nitrogen and oxygen atoms in total. The molecule has 2 N–H and O–H groups in total. The van der Waals surface area contributed by atoms with Gasteiger partial charge >= 0.3 is 0 Å². The fourth-order valence-corrected chi connectivity index (χ4v) is 5.86. The molecule has 0 spiro atoms. The average Bonchev–Trinajstić information content (AvgIpc) is 3.00. The van der Waals surface area contributed by atoms with Gasteiger partial charge in [-0.1, -0.05) is 24.6 Å². The lowest BCUT2D eigenvalue weighted by Crippen LogP contribution is -2.48. The normalized spacial score (nSPS) is 18.5. The Hall–Kier alpha value is -3.80.